The minimum Gasteiger partial charge on any atom is -0.493 e. The van der Waals surface area contributed by atoms with Crippen molar-refractivity contribution in [1.82, 2.24) is 5.32 Å². The first-order valence-electron chi connectivity index (χ1n) is 6.31. The molecule has 1 aromatic carbocycles. The van der Waals surface area contributed by atoms with Crippen LogP contribution in [0.3, 0.4) is 0 Å². The van der Waals surface area contributed by atoms with Crippen LogP contribution in [0.4, 0.5) is 0 Å². The molecule has 0 saturated heterocycles. The molecule has 0 saturated carbocycles. The van der Waals surface area contributed by atoms with Gasteiger partial charge in [0.2, 0.25) is 0 Å². The lowest BCUT2D eigenvalue weighted by atomic mass is 10.2. The van der Waals surface area contributed by atoms with Crippen molar-refractivity contribution in [2.45, 2.75) is 26.5 Å². The molecule has 0 heterocycles. The third-order valence-corrected chi connectivity index (χ3v) is 3.02. The third-order valence-electron chi connectivity index (χ3n) is 2.61. The van der Waals surface area contributed by atoms with E-state index in [1.165, 1.54) is 0 Å². The molecule has 1 aromatic rings. The van der Waals surface area contributed by atoms with Gasteiger partial charge in [-0.3, -0.25) is 0 Å². The van der Waals surface area contributed by atoms with Crippen molar-refractivity contribution in [1.29, 1.82) is 0 Å². The maximum Gasteiger partial charge on any atom is 0.179 e. The molecule has 0 aliphatic heterocycles. The van der Waals surface area contributed by atoms with E-state index in [1.807, 2.05) is 26.0 Å². The van der Waals surface area contributed by atoms with E-state index in [4.69, 9.17) is 25.8 Å². The topological polar surface area (TPSA) is 39.7 Å². The second kappa shape index (κ2) is 8.25. The van der Waals surface area contributed by atoms with Crippen LogP contribution >= 0.6 is 11.6 Å². The molecule has 1 N–H and O–H groups in total. The van der Waals surface area contributed by atoms with Crippen molar-refractivity contribution < 1.29 is 14.2 Å². The lowest BCUT2D eigenvalue weighted by molar-refractivity contribution is 0.0807. The first-order valence-corrected chi connectivity index (χ1v) is 6.69. The van der Waals surface area contributed by atoms with Crippen LogP contribution < -0.4 is 14.8 Å². The number of hydrogen-bond acceptors (Lipinski definition) is 4. The maximum absolute atomic E-state index is 6.28. The summed E-state index contributed by atoms with van der Waals surface area (Å²) in [4.78, 5) is 0. The van der Waals surface area contributed by atoms with Gasteiger partial charge in [0.25, 0.3) is 0 Å². The van der Waals surface area contributed by atoms with E-state index in [0.717, 1.165) is 12.1 Å². The number of methoxy groups -OCH3 is 2. The molecule has 0 amide bonds. The Bertz CT molecular complexity index is 397. The van der Waals surface area contributed by atoms with Gasteiger partial charge in [0.15, 0.2) is 11.5 Å². The van der Waals surface area contributed by atoms with Crippen LogP contribution in [-0.2, 0) is 11.3 Å². The second-order valence-corrected chi connectivity index (χ2v) is 4.75. The molecule has 0 bridgehead atoms. The van der Waals surface area contributed by atoms with E-state index >= 15 is 0 Å². The number of ether oxygens (including phenoxy) is 3. The van der Waals surface area contributed by atoms with E-state index in [2.05, 4.69) is 5.32 Å². The Morgan fingerprint density at radius 1 is 1.21 bits per heavy atom. The van der Waals surface area contributed by atoms with Crippen molar-refractivity contribution in [3.05, 3.63) is 22.7 Å². The molecular weight excluding hydrogens is 266 g/mol. The Hall–Kier alpha value is -0.970. The second-order valence-electron chi connectivity index (χ2n) is 4.37. The van der Waals surface area contributed by atoms with E-state index in [-0.39, 0.29) is 6.10 Å². The fourth-order valence-corrected chi connectivity index (χ4v) is 1.96. The van der Waals surface area contributed by atoms with Gasteiger partial charge in [-0.15, -0.1) is 0 Å². The summed E-state index contributed by atoms with van der Waals surface area (Å²) >= 11 is 6.28. The molecular formula is C14H22ClNO3. The van der Waals surface area contributed by atoms with E-state index in [0.29, 0.717) is 29.7 Å². The monoisotopic (exact) mass is 287 g/mol. The Kier molecular flexibility index (Phi) is 6.99. The van der Waals surface area contributed by atoms with Crippen LogP contribution in [0, 0.1) is 0 Å². The Morgan fingerprint density at radius 2 is 1.95 bits per heavy atom. The highest BCUT2D eigenvalue weighted by Crippen LogP contribution is 2.37. The van der Waals surface area contributed by atoms with Crippen molar-refractivity contribution in [3.8, 4) is 11.5 Å². The van der Waals surface area contributed by atoms with Gasteiger partial charge in [-0.25, -0.2) is 0 Å². The summed E-state index contributed by atoms with van der Waals surface area (Å²) in [6, 6.07) is 3.78. The van der Waals surface area contributed by atoms with Gasteiger partial charge < -0.3 is 19.5 Å². The Labute approximate surface area is 120 Å². The van der Waals surface area contributed by atoms with E-state index < -0.39 is 0 Å². The normalized spacial score (nSPS) is 10.8. The molecule has 108 valence electrons. The average Bonchev–Trinajstić information content (AvgIpc) is 2.39. The number of hydrogen-bond donors (Lipinski definition) is 1. The maximum atomic E-state index is 6.28. The first-order chi connectivity index (χ1) is 9.10. The van der Waals surface area contributed by atoms with Crippen LogP contribution in [0.2, 0.25) is 5.02 Å². The minimum absolute atomic E-state index is 0.256. The highest BCUT2D eigenvalue weighted by Gasteiger charge is 2.12. The zero-order chi connectivity index (χ0) is 14.3. The number of nitrogens with one attached hydrogen (secondary N) is 1. The number of benzene rings is 1. The summed E-state index contributed by atoms with van der Waals surface area (Å²) in [6.45, 7) is 6.17. The van der Waals surface area contributed by atoms with Gasteiger partial charge in [-0.2, -0.15) is 0 Å². The molecule has 0 fully saturated rings. The average molecular weight is 288 g/mol. The smallest absolute Gasteiger partial charge is 0.179 e. The zero-order valence-electron chi connectivity index (χ0n) is 12.0. The molecule has 0 aliphatic carbocycles. The molecule has 1 rings (SSSR count). The standard InChI is InChI=1S/C14H22ClNO3/c1-10(2)19-8-7-16-9-11-5-6-12(17-3)14(18-4)13(11)15/h5-6,10,16H,7-9H2,1-4H3. The van der Waals surface area contributed by atoms with Crippen LogP contribution in [0.25, 0.3) is 0 Å². The third kappa shape index (κ3) is 4.90. The van der Waals surface area contributed by atoms with Gasteiger partial charge in [-0.1, -0.05) is 17.7 Å². The summed E-state index contributed by atoms with van der Waals surface area (Å²) in [7, 11) is 3.17. The number of halogens is 1. The first kappa shape index (κ1) is 16.1. The molecule has 19 heavy (non-hydrogen) atoms. The van der Waals surface area contributed by atoms with Crippen LogP contribution in [0.5, 0.6) is 11.5 Å². The van der Waals surface area contributed by atoms with Gasteiger partial charge in [-0.05, 0) is 25.5 Å². The van der Waals surface area contributed by atoms with Gasteiger partial charge in [0, 0.05) is 13.1 Å². The van der Waals surface area contributed by atoms with Crippen molar-refractivity contribution in [3.63, 3.8) is 0 Å². The molecule has 0 aliphatic rings. The van der Waals surface area contributed by atoms with E-state index in [9.17, 15) is 0 Å². The molecule has 4 nitrogen and oxygen atoms in total. The van der Waals surface area contributed by atoms with Gasteiger partial charge in [0.1, 0.15) is 0 Å². The summed E-state index contributed by atoms with van der Waals surface area (Å²) in [5.41, 5.74) is 0.976. The lowest BCUT2D eigenvalue weighted by Crippen LogP contribution is -2.21. The lowest BCUT2D eigenvalue weighted by Gasteiger charge is -2.13. The number of rotatable bonds is 8. The summed E-state index contributed by atoms with van der Waals surface area (Å²) < 4.78 is 15.9. The molecule has 5 heteroatoms. The van der Waals surface area contributed by atoms with Crippen LogP contribution in [0.1, 0.15) is 19.4 Å². The predicted octanol–water partition coefficient (Wildman–Crippen LogP) is 2.87. The zero-order valence-corrected chi connectivity index (χ0v) is 12.7. The van der Waals surface area contributed by atoms with Crippen molar-refractivity contribution in [2.24, 2.45) is 0 Å². The minimum atomic E-state index is 0.256. The molecule has 0 radical (unpaired) electrons. The van der Waals surface area contributed by atoms with E-state index in [1.54, 1.807) is 14.2 Å². The SMILES string of the molecule is COc1ccc(CNCCOC(C)C)c(Cl)c1OC. The summed E-state index contributed by atoms with van der Waals surface area (Å²) in [5, 5.41) is 3.86. The molecule has 0 unspecified atom stereocenters. The Morgan fingerprint density at radius 3 is 2.53 bits per heavy atom. The van der Waals surface area contributed by atoms with Crippen LogP contribution in [-0.4, -0.2) is 33.5 Å². The molecule has 0 atom stereocenters. The van der Waals surface area contributed by atoms with Crippen molar-refractivity contribution >= 4 is 11.6 Å². The highest BCUT2D eigenvalue weighted by molar-refractivity contribution is 6.33. The van der Waals surface area contributed by atoms with Crippen molar-refractivity contribution in [2.75, 3.05) is 27.4 Å². The Balaban J connectivity index is 2.55. The highest BCUT2D eigenvalue weighted by atomic mass is 35.5. The summed E-state index contributed by atoms with van der Waals surface area (Å²) in [6.07, 6.45) is 0.256. The fraction of sp³-hybridized carbons (Fsp3) is 0.571. The summed E-state index contributed by atoms with van der Waals surface area (Å²) in [5.74, 6) is 1.21. The van der Waals surface area contributed by atoms with Gasteiger partial charge >= 0.3 is 0 Å². The van der Waals surface area contributed by atoms with Crippen LogP contribution in [0.15, 0.2) is 12.1 Å². The predicted molar refractivity (Wildman–Crippen MR) is 77.4 cm³/mol. The molecule has 0 spiro atoms. The fourth-order valence-electron chi connectivity index (χ4n) is 1.66. The molecule has 0 aromatic heterocycles. The van der Waals surface area contributed by atoms with Gasteiger partial charge in [0.05, 0.1) is 32.0 Å². The largest absolute Gasteiger partial charge is 0.493 e. The quantitative estimate of drug-likeness (QED) is 0.747.